The molecule has 0 aliphatic carbocycles. The number of hydrogen-bond donors (Lipinski definition) is 0. The van der Waals surface area contributed by atoms with Crippen LogP contribution >= 0.6 is 0 Å². The molecule has 0 aliphatic heterocycles. The van der Waals surface area contributed by atoms with E-state index >= 15 is 0 Å². The number of diazo groups is 1. The number of hydrogen-bond acceptors (Lipinski definition) is 2. The lowest BCUT2D eigenvalue weighted by atomic mass is 10.3. The van der Waals surface area contributed by atoms with Crippen molar-refractivity contribution in [3.63, 3.8) is 0 Å². The number of nitrogens with zero attached hydrogens (tertiary/aromatic N) is 2. The van der Waals surface area contributed by atoms with E-state index in [-0.39, 0.29) is 5.69 Å². The molecule has 0 spiro atoms. The number of benzene rings is 1. The SMILES string of the molecule is N#[N+]c1ccccc1OC(F)(F)F. The number of rotatable bonds is 1. The van der Waals surface area contributed by atoms with Crippen molar-refractivity contribution >= 4 is 5.69 Å². The normalized spacial score (nSPS) is 10.6. The molecule has 13 heavy (non-hydrogen) atoms. The largest absolute Gasteiger partial charge is 0.573 e. The van der Waals surface area contributed by atoms with Crippen molar-refractivity contribution in [3.8, 4) is 5.75 Å². The first-order valence-corrected chi connectivity index (χ1v) is 3.23. The average Bonchev–Trinajstić information content (AvgIpc) is 2.02. The highest BCUT2D eigenvalue weighted by Crippen LogP contribution is 2.31. The van der Waals surface area contributed by atoms with E-state index in [1.165, 1.54) is 18.2 Å². The third-order valence-electron chi connectivity index (χ3n) is 1.20. The van der Waals surface area contributed by atoms with Crippen LogP contribution in [-0.2, 0) is 0 Å². The summed E-state index contributed by atoms with van der Waals surface area (Å²) in [5.74, 6) is -0.530. The van der Waals surface area contributed by atoms with E-state index in [0.29, 0.717) is 0 Å². The second-order valence-electron chi connectivity index (χ2n) is 2.12. The zero-order valence-corrected chi connectivity index (χ0v) is 6.25. The minimum absolute atomic E-state index is 0.264. The van der Waals surface area contributed by atoms with Gasteiger partial charge in [-0.25, -0.2) is 0 Å². The van der Waals surface area contributed by atoms with Gasteiger partial charge in [-0.3, -0.25) is 0 Å². The molecule has 0 aromatic heterocycles. The topological polar surface area (TPSA) is 37.4 Å². The minimum Gasteiger partial charge on any atom is -0.397 e. The van der Waals surface area contributed by atoms with Crippen LogP contribution in [0.15, 0.2) is 24.3 Å². The van der Waals surface area contributed by atoms with Crippen molar-refractivity contribution in [1.82, 2.24) is 0 Å². The zero-order chi connectivity index (χ0) is 9.90. The van der Waals surface area contributed by atoms with Crippen LogP contribution in [0.5, 0.6) is 5.75 Å². The Labute approximate surface area is 71.4 Å². The van der Waals surface area contributed by atoms with Gasteiger partial charge in [0.25, 0.3) is 0 Å². The fraction of sp³-hybridized carbons (Fsp3) is 0.143. The Balaban J connectivity index is 2.96. The molecule has 1 rings (SSSR count). The maximum atomic E-state index is 11.7. The van der Waals surface area contributed by atoms with Gasteiger partial charge in [-0.1, -0.05) is 12.1 Å². The molecule has 68 valence electrons. The molecule has 0 amide bonds. The Bertz CT molecular complexity index is 342. The lowest BCUT2D eigenvalue weighted by Crippen LogP contribution is -2.17. The highest BCUT2D eigenvalue weighted by molar-refractivity contribution is 5.56. The van der Waals surface area contributed by atoms with Gasteiger partial charge < -0.3 is 4.74 Å². The fourth-order valence-corrected chi connectivity index (χ4v) is 0.751. The molecule has 0 aliphatic rings. The van der Waals surface area contributed by atoms with Gasteiger partial charge in [-0.05, 0) is 6.07 Å². The van der Waals surface area contributed by atoms with Crippen LogP contribution in [0.1, 0.15) is 0 Å². The van der Waals surface area contributed by atoms with Crippen molar-refractivity contribution < 1.29 is 17.9 Å². The Hall–Kier alpha value is -1.77. The van der Waals surface area contributed by atoms with Gasteiger partial charge in [0.2, 0.25) is 11.1 Å². The summed E-state index contributed by atoms with van der Waals surface area (Å²) in [5, 5.41) is 8.29. The van der Waals surface area contributed by atoms with E-state index in [9.17, 15) is 13.2 Å². The van der Waals surface area contributed by atoms with Crippen LogP contribution in [0, 0.1) is 5.39 Å². The Kier molecular flexibility index (Phi) is 2.37. The molecular formula is C7H4F3N2O+. The van der Waals surface area contributed by atoms with Crippen LogP contribution < -0.4 is 4.74 Å². The third kappa shape index (κ3) is 2.63. The molecule has 3 nitrogen and oxygen atoms in total. The Morgan fingerprint density at radius 3 is 2.38 bits per heavy atom. The molecular weight excluding hydrogens is 185 g/mol. The van der Waals surface area contributed by atoms with Crippen molar-refractivity contribution in [2.24, 2.45) is 0 Å². The summed E-state index contributed by atoms with van der Waals surface area (Å²) >= 11 is 0. The number of para-hydroxylation sites is 1. The fourth-order valence-electron chi connectivity index (χ4n) is 0.751. The van der Waals surface area contributed by atoms with E-state index in [1.54, 1.807) is 0 Å². The first-order valence-electron chi connectivity index (χ1n) is 3.23. The highest BCUT2D eigenvalue weighted by Gasteiger charge is 2.34. The van der Waals surface area contributed by atoms with E-state index in [1.807, 2.05) is 0 Å². The summed E-state index contributed by atoms with van der Waals surface area (Å²) in [6.07, 6.45) is -4.78. The first-order chi connectivity index (χ1) is 6.03. The zero-order valence-electron chi connectivity index (χ0n) is 6.25. The molecule has 0 atom stereocenters. The van der Waals surface area contributed by atoms with E-state index in [0.717, 1.165) is 6.07 Å². The van der Waals surface area contributed by atoms with E-state index in [2.05, 4.69) is 9.71 Å². The molecule has 6 heteroatoms. The minimum atomic E-state index is -4.78. The van der Waals surface area contributed by atoms with Gasteiger partial charge in [0.1, 0.15) is 0 Å². The molecule has 0 saturated carbocycles. The van der Waals surface area contributed by atoms with Gasteiger partial charge in [0.05, 0.1) is 0 Å². The summed E-state index contributed by atoms with van der Waals surface area (Å²) in [6, 6.07) is 5.03. The standard InChI is InChI=1S/C7H4F3N2O/c8-7(9,10)13-6-4-2-1-3-5(6)12-11/h1-4H/q+1. The van der Waals surface area contributed by atoms with Gasteiger partial charge in [-0.2, -0.15) is 0 Å². The number of halogens is 3. The molecule has 0 bridgehead atoms. The maximum Gasteiger partial charge on any atom is 0.573 e. The molecule has 0 unspecified atom stereocenters. The average molecular weight is 189 g/mol. The summed E-state index contributed by atoms with van der Waals surface area (Å²) in [4.78, 5) is 2.63. The monoisotopic (exact) mass is 189 g/mol. The maximum absolute atomic E-state index is 11.7. The second-order valence-corrected chi connectivity index (χ2v) is 2.12. The van der Waals surface area contributed by atoms with Crippen LogP contribution in [0.25, 0.3) is 4.98 Å². The molecule has 0 fully saturated rings. The highest BCUT2D eigenvalue weighted by atomic mass is 19.4. The Morgan fingerprint density at radius 2 is 1.85 bits per heavy atom. The molecule has 1 aromatic carbocycles. The first kappa shape index (κ1) is 9.32. The van der Waals surface area contributed by atoms with Crippen LogP contribution in [0.2, 0.25) is 0 Å². The molecule has 0 N–H and O–H groups in total. The molecule has 1 aromatic rings. The number of alkyl halides is 3. The van der Waals surface area contributed by atoms with Crippen LogP contribution in [0.4, 0.5) is 18.9 Å². The van der Waals surface area contributed by atoms with Gasteiger partial charge in [0.15, 0.2) is 4.98 Å². The van der Waals surface area contributed by atoms with E-state index < -0.39 is 12.1 Å². The summed E-state index contributed by atoms with van der Waals surface area (Å²) < 4.78 is 38.7. The molecule has 0 radical (unpaired) electrons. The van der Waals surface area contributed by atoms with E-state index in [4.69, 9.17) is 5.39 Å². The predicted octanol–water partition coefficient (Wildman–Crippen LogP) is 3.07. The summed E-state index contributed by atoms with van der Waals surface area (Å²) in [7, 11) is 0. The van der Waals surface area contributed by atoms with Crippen molar-refractivity contribution in [1.29, 1.82) is 5.39 Å². The predicted molar refractivity (Wildman–Crippen MR) is 37.9 cm³/mol. The van der Waals surface area contributed by atoms with Crippen molar-refractivity contribution in [3.05, 3.63) is 29.2 Å². The van der Waals surface area contributed by atoms with Crippen molar-refractivity contribution in [2.45, 2.75) is 6.36 Å². The van der Waals surface area contributed by atoms with Gasteiger partial charge >= 0.3 is 12.0 Å². The third-order valence-corrected chi connectivity index (χ3v) is 1.20. The van der Waals surface area contributed by atoms with Crippen LogP contribution in [-0.4, -0.2) is 6.36 Å². The van der Waals surface area contributed by atoms with Gasteiger partial charge in [0, 0.05) is 6.07 Å². The quantitative estimate of drug-likeness (QED) is 0.636. The summed E-state index contributed by atoms with van der Waals surface area (Å²) in [6.45, 7) is 0. The number of ether oxygens (including phenoxy) is 1. The van der Waals surface area contributed by atoms with Crippen LogP contribution in [0.3, 0.4) is 0 Å². The molecule has 0 saturated heterocycles. The lowest BCUT2D eigenvalue weighted by Gasteiger charge is -2.05. The second kappa shape index (κ2) is 3.31. The molecule has 0 heterocycles. The Morgan fingerprint density at radius 1 is 1.23 bits per heavy atom. The summed E-state index contributed by atoms with van der Waals surface area (Å²) in [5.41, 5.74) is -0.264. The smallest absolute Gasteiger partial charge is 0.397 e. The lowest BCUT2D eigenvalue weighted by molar-refractivity contribution is -0.274. The van der Waals surface area contributed by atoms with Crippen molar-refractivity contribution in [2.75, 3.05) is 0 Å². The van der Waals surface area contributed by atoms with Gasteiger partial charge in [-0.15, -0.1) is 13.2 Å².